The summed E-state index contributed by atoms with van der Waals surface area (Å²) in [5.41, 5.74) is 2.21. The monoisotopic (exact) mass is 734 g/mol. The summed E-state index contributed by atoms with van der Waals surface area (Å²) in [5.74, 6) is 0.230. The number of halogens is 2. The van der Waals surface area contributed by atoms with E-state index in [1.165, 1.54) is 22.7 Å². The molecular formula is C29H24BrIN2O4S2. The molecule has 2 aromatic carbocycles. The molecule has 0 saturated heterocycles. The molecule has 0 spiro atoms. The van der Waals surface area contributed by atoms with Crippen LogP contribution in [-0.2, 0) is 9.53 Å². The van der Waals surface area contributed by atoms with E-state index < -0.39 is 12.0 Å². The fourth-order valence-electron chi connectivity index (χ4n) is 4.35. The summed E-state index contributed by atoms with van der Waals surface area (Å²) in [4.78, 5) is 33.8. The number of nitrogens with zero attached hydrogens (tertiary/aromatic N) is 2. The Balaban J connectivity index is 1.81. The molecule has 200 valence electrons. The van der Waals surface area contributed by atoms with E-state index in [0.717, 1.165) is 24.0 Å². The molecule has 1 atom stereocenters. The van der Waals surface area contributed by atoms with Crippen molar-refractivity contribution in [3.8, 4) is 5.75 Å². The van der Waals surface area contributed by atoms with Gasteiger partial charge in [-0.15, -0.1) is 11.3 Å². The lowest BCUT2D eigenvalue weighted by molar-refractivity contribution is -0.138. The molecule has 0 bridgehead atoms. The van der Waals surface area contributed by atoms with Gasteiger partial charge in [0.1, 0.15) is 11.8 Å². The Hall–Kier alpha value is -2.54. The van der Waals surface area contributed by atoms with Gasteiger partial charge in [0, 0.05) is 20.5 Å². The summed E-state index contributed by atoms with van der Waals surface area (Å²) in [7, 11) is 0. The number of thiazole rings is 1. The van der Waals surface area contributed by atoms with Gasteiger partial charge in [0.05, 0.1) is 32.1 Å². The number of benzene rings is 2. The van der Waals surface area contributed by atoms with E-state index in [4.69, 9.17) is 14.5 Å². The Bertz CT molecular complexity index is 1740. The van der Waals surface area contributed by atoms with Crippen LogP contribution in [0.3, 0.4) is 0 Å². The molecule has 0 fully saturated rings. The predicted octanol–water partition coefficient (Wildman–Crippen LogP) is 6.15. The maximum Gasteiger partial charge on any atom is 0.338 e. The van der Waals surface area contributed by atoms with Gasteiger partial charge in [-0.1, -0.05) is 63.7 Å². The SMILES string of the molecule is CCOC(=O)C1=C(c2ccccc2)N=c2s/c(=C\c3cc(Br)cc(I)c3OC(C)C)c(=O)n2[C@@H]1c1cccs1. The Morgan fingerprint density at radius 3 is 2.64 bits per heavy atom. The van der Waals surface area contributed by atoms with E-state index in [-0.39, 0.29) is 18.3 Å². The van der Waals surface area contributed by atoms with Crippen LogP contribution in [0, 0.1) is 3.57 Å². The Morgan fingerprint density at radius 2 is 1.97 bits per heavy atom. The number of ether oxygens (including phenoxy) is 2. The van der Waals surface area contributed by atoms with Crippen molar-refractivity contribution in [2.24, 2.45) is 4.99 Å². The van der Waals surface area contributed by atoms with E-state index >= 15 is 0 Å². The van der Waals surface area contributed by atoms with Gasteiger partial charge in [-0.25, -0.2) is 9.79 Å². The van der Waals surface area contributed by atoms with E-state index in [1.807, 2.05) is 79.9 Å². The van der Waals surface area contributed by atoms with E-state index in [2.05, 4.69) is 38.5 Å². The third-order valence-electron chi connectivity index (χ3n) is 5.86. The zero-order valence-corrected chi connectivity index (χ0v) is 26.7. The first-order valence-electron chi connectivity index (χ1n) is 12.3. The maximum atomic E-state index is 14.1. The Labute approximate surface area is 255 Å². The zero-order chi connectivity index (χ0) is 27.7. The van der Waals surface area contributed by atoms with Crippen LogP contribution in [0.2, 0.25) is 0 Å². The first-order valence-corrected chi connectivity index (χ1v) is 15.8. The van der Waals surface area contributed by atoms with Gasteiger partial charge in [-0.2, -0.15) is 0 Å². The minimum absolute atomic E-state index is 0.0348. The predicted molar refractivity (Wildman–Crippen MR) is 168 cm³/mol. The van der Waals surface area contributed by atoms with Gasteiger partial charge in [0.15, 0.2) is 4.80 Å². The van der Waals surface area contributed by atoms with Crippen molar-refractivity contribution in [2.75, 3.05) is 6.61 Å². The molecule has 0 saturated carbocycles. The van der Waals surface area contributed by atoms with Crippen LogP contribution >= 0.6 is 61.2 Å². The van der Waals surface area contributed by atoms with E-state index in [0.29, 0.717) is 26.4 Å². The molecule has 0 amide bonds. The first-order chi connectivity index (χ1) is 18.8. The van der Waals surface area contributed by atoms with Gasteiger partial charge >= 0.3 is 5.97 Å². The maximum absolute atomic E-state index is 14.1. The summed E-state index contributed by atoms with van der Waals surface area (Å²) in [6, 6.07) is 16.7. The molecule has 4 aromatic rings. The number of hydrogen-bond acceptors (Lipinski definition) is 7. The highest BCUT2D eigenvalue weighted by molar-refractivity contribution is 14.1. The van der Waals surface area contributed by atoms with Crippen molar-refractivity contribution in [1.29, 1.82) is 0 Å². The molecule has 0 aliphatic carbocycles. The van der Waals surface area contributed by atoms with Crippen LogP contribution in [0.25, 0.3) is 11.8 Å². The Morgan fingerprint density at radius 1 is 1.21 bits per heavy atom. The second kappa shape index (κ2) is 11.9. The number of hydrogen-bond donors (Lipinski definition) is 0. The van der Waals surface area contributed by atoms with Crippen LogP contribution < -0.4 is 19.6 Å². The topological polar surface area (TPSA) is 69.9 Å². The minimum Gasteiger partial charge on any atom is -0.489 e. The molecule has 5 rings (SSSR count). The quantitative estimate of drug-likeness (QED) is 0.169. The lowest BCUT2D eigenvalue weighted by atomic mass is 9.97. The highest BCUT2D eigenvalue weighted by atomic mass is 127. The van der Waals surface area contributed by atoms with Crippen LogP contribution in [0.5, 0.6) is 5.75 Å². The van der Waals surface area contributed by atoms with Gasteiger partial charge < -0.3 is 9.47 Å². The van der Waals surface area contributed by atoms with Gasteiger partial charge in [0.25, 0.3) is 5.56 Å². The lowest BCUT2D eigenvalue weighted by Crippen LogP contribution is -2.39. The normalized spacial score (nSPS) is 15.3. The molecule has 3 heterocycles. The number of aromatic nitrogens is 1. The van der Waals surface area contributed by atoms with Crippen molar-refractivity contribution in [1.82, 2.24) is 4.57 Å². The second-order valence-electron chi connectivity index (χ2n) is 8.92. The van der Waals surface area contributed by atoms with Crippen LogP contribution in [-0.4, -0.2) is 23.2 Å². The summed E-state index contributed by atoms with van der Waals surface area (Å²) < 4.78 is 15.6. The number of carbonyl (C=O) groups is 1. The molecule has 1 aliphatic heterocycles. The van der Waals surface area contributed by atoms with Crippen molar-refractivity contribution in [2.45, 2.75) is 32.9 Å². The van der Waals surface area contributed by atoms with Gasteiger partial charge in [-0.05, 0) is 73.0 Å². The van der Waals surface area contributed by atoms with Crippen molar-refractivity contribution in [3.63, 3.8) is 0 Å². The van der Waals surface area contributed by atoms with E-state index in [1.54, 1.807) is 11.5 Å². The molecule has 39 heavy (non-hydrogen) atoms. The molecule has 0 N–H and O–H groups in total. The smallest absolute Gasteiger partial charge is 0.338 e. The molecular weight excluding hydrogens is 711 g/mol. The number of fused-ring (bicyclic) bond motifs is 1. The zero-order valence-electron chi connectivity index (χ0n) is 21.3. The molecule has 0 radical (unpaired) electrons. The lowest BCUT2D eigenvalue weighted by Gasteiger charge is -2.24. The number of thiophene rings is 1. The third kappa shape index (κ3) is 5.70. The standard InChI is InChI=1S/C29H24BrIN2O4S2/c1-4-36-28(35)23-24(17-9-6-5-7-10-17)32-29-33(25(23)21-11-8-12-38-21)27(34)22(39-29)14-18-13-19(30)15-20(31)26(18)37-16(2)3/h5-16,25H,4H2,1-3H3/b22-14-/t25-/m1/s1. The highest BCUT2D eigenvalue weighted by Gasteiger charge is 2.35. The Kier molecular flexibility index (Phi) is 8.55. The first kappa shape index (κ1) is 28.0. The highest BCUT2D eigenvalue weighted by Crippen LogP contribution is 2.37. The molecule has 2 aromatic heterocycles. The van der Waals surface area contributed by atoms with Crippen LogP contribution in [0.4, 0.5) is 0 Å². The average molecular weight is 735 g/mol. The number of esters is 1. The average Bonchev–Trinajstić information content (AvgIpc) is 3.54. The fraction of sp³-hybridized carbons (Fsp3) is 0.207. The minimum atomic E-state index is -0.660. The summed E-state index contributed by atoms with van der Waals surface area (Å²) in [6.45, 7) is 5.93. The number of rotatable bonds is 7. The van der Waals surface area contributed by atoms with Crippen LogP contribution in [0.1, 0.15) is 42.8 Å². The molecule has 1 aliphatic rings. The van der Waals surface area contributed by atoms with Crippen molar-refractivity contribution < 1.29 is 14.3 Å². The second-order valence-corrected chi connectivity index (χ2v) is 13.0. The summed E-state index contributed by atoms with van der Waals surface area (Å²) >= 11 is 8.60. The molecule has 6 nitrogen and oxygen atoms in total. The molecule has 10 heteroatoms. The molecule has 0 unspecified atom stereocenters. The van der Waals surface area contributed by atoms with Crippen molar-refractivity contribution in [3.05, 3.63) is 109 Å². The number of carbonyl (C=O) groups excluding carboxylic acids is 1. The van der Waals surface area contributed by atoms with Crippen molar-refractivity contribution >= 4 is 78.9 Å². The van der Waals surface area contributed by atoms with Gasteiger partial charge in [0.2, 0.25) is 0 Å². The van der Waals surface area contributed by atoms with Crippen LogP contribution in [0.15, 0.2) is 79.8 Å². The largest absolute Gasteiger partial charge is 0.489 e. The summed E-state index contributed by atoms with van der Waals surface area (Å²) in [5, 5.41) is 1.94. The summed E-state index contributed by atoms with van der Waals surface area (Å²) in [6.07, 6.45) is 1.81. The van der Waals surface area contributed by atoms with Gasteiger partial charge in [-0.3, -0.25) is 9.36 Å². The third-order valence-corrected chi connectivity index (χ3v) is 9.03. The van der Waals surface area contributed by atoms with E-state index in [9.17, 15) is 9.59 Å². The fourth-order valence-corrected chi connectivity index (χ4v) is 7.84.